The molecule has 3 aromatic heterocycles. The van der Waals surface area contributed by atoms with Crippen LogP contribution in [0.25, 0.3) is 10.9 Å². The second kappa shape index (κ2) is 11.7. The number of fused-ring (bicyclic) bond motifs is 1. The quantitative estimate of drug-likeness (QED) is 0.265. The van der Waals surface area contributed by atoms with Gasteiger partial charge in [0.25, 0.3) is 5.56 Å². The summed E-state index contributed by atoms with van der Waals surface area (Å²) in [7, 11) is 0. The Morgan fingerprint density at radius 3 is 2.24 bits per heavy atom. The first kappa shape index (κ1) is 26.3. The van der Waals surface area contributed by atoms with Gasteiger partial charge in [-0.2, -0.15) is 0 Å². The summed E-state index contributed by atoms with van der Waals surface area (Å²) in [4.78, 5) is 23.7. The molecule has 41 heavy (non-hydrogen) atoms. The normalized spacial score (nSPS) is 12.2. The second-order valence-corrected chi connectivity index (χ2v) is 10.4. The molecule has 0 amide bonds. The van der Waals surface area contributed by atoms with Crippen LogP contribution in [0.2, 0.25) is 0 Å². The molecule has 0 aliphatic carbocycles. The van der Waals surface area contributed by atoms with Gasteiger partial charge in [0.05, 0.1) is 12.1 Å². The predicted molar refractivity (Wildman–Crippen MR) is 159 cm³/mol. The third kappa shape index (κ3) is 5.69. The third-order valence-corrected chi connectivity index (χ3v) is 7.45. The van der Waals surface area contributed by atoms with E-state index >= 15 is 0 Å². The van der Waals surface area contributed by atoms with E-state index in [1.165, 1.54) is 0 Å². The number of hydrogen-bond donors (Lipinski definition) is 1. The predicted octanol–water partition coefficient (Wildman–Crippen LogP) is 5.37. The molecule has 1 atom stereocenters. The molecule has 3 heterocycles. The molecule has 0 aliphatic rings. The number of benzene rings is 3. The molecule has 0 bridgehead atoms. The minimum Gasteiger partial charge on any atom is -0.321 e. The van der Waals surface area contributed by atoms with Crippen LogP contribution in [0.15, 0.2) is 108 Å². The molecule has 3 aromatic carbocycles. The van der Waals surface area contributed by atoms with Gasteiger partial charge in [-0.1, -0.05) is 78.9 Å². The van der Waals surface area contributed by atoms with E-state index in [9.17, 15) is 4.79 Å². The number of aromatic amines is 1. The Kier molecular flexibility index (Phi) is 7.47. The maximum Gasteiger partial charge on any atom is 0.253 e. The molecule has 6 aromatic rings. The van der Waals surface area contributed by atoms with Gasteiger partial charge in [-0.05, 0) is 64.2 Å². The Labute approximate surface area is 238 Å². The summed E-state index contributed by atoms with van der Waals surface area (Å²) >= 11 is 0. The van der Waals surface area contributed by atoms with Crippen LogP contribution >= 0.6 is 0 Å². The number of rotatable bonds is 9. The second-order valence-electron chi connectivity index (χ2n) is 10.4. The van der Waals surface area contributed by atoms with Gasteiger partial charge in [0.2, 0.25) is 0 Å². The number of pyridine rings is 2. The van der Waals surface area contributed by atoms with Crippen LogP contribution < -0.4 is 5.56 Å². The van der Waals surface area contributed by atoms with Crippen LogP contribution in [0.1, 0.15) is 45.2 Å². The lowest BCUT2D eigenvalue weighted by Gasteiger charge is -2.31. The van der Waals surface area contributed by atoms with Crippen LogP contribution in [0.5, 0.6) is 0 Å². The van der Waals surface area contributed by atoms with Crippen molar-refractivity contribution in [3.63, 3.8) is 0 Å². The van der Waals surface area contributed by atoms with Gasteiger partial charge in [-0.25, -0.2) is 4.68 Å². The lowest BCUT2D eigenvalue weighted by molar-refractivity contribution is 0.194. The largest absolute Gasteiger partial charge is 0.321 e. The zero-order valence-corrected chi connectivity index (χ0v) is 23.1. The third-order valence-electron chi connectivity index (χ3n) is 7.45. The standard InChI is InChI=1S/C33H31N7O/c1-23-15-16-24(2)30-28(23)18-29(33(41)35-30)31(32-36-37-38-40(32)22-26-12-7-4-8-13-26)39(20-25-10-5-3-6-11-25)21-27-14-9-17-34-19-27/h3-19,31H,20-22H2,1-2H3,(H,35,41). The Morgan fingerprint density at radius 2 is 1.51 bits per heavy atom. The van der Waals surface area contributed by atoms with Crippen LogP contribution in [-0.4, -0.2) is 35.1 Å². The van der Waals surface area contributed by atoms with Gasteiger partial charge in [0, 0.05) is 36.4 Å². The molecule has 6 rings (SSSR count). The highest BCUT2D eigenvalue weighted by Gasteiger charge is 2.31. The van der Waals surface area contributed by atoms with Gasteiger partial charge in [0.15, 0.2) is 5.82 Å². The first-order chi connectivity index (χ1) is 20.1. The van der Waals surface area contributed by atoms with Crippen molar-refractivity contribution in [2.45, 2.75) is 39.5 Å². The Morgan fingerprint density at radius 1 is 0.829 bits per heavy atom. The molecule has 0 radical (unpaired) electrons. The highest BCUT2D eigenvalue weighted by atomic mass is 16.1. The SMILES string of the molecule is Cc1ccc(C)c2[nH]c(=O)c(C(c3nnnn3Cc3ccccc3)N(Cc3ccccc3)Cc3cccnc3)cc12. The minimum atomic E-state index is -0.540. The molecule has 1 unspecified atom stereocenters. The monoisotopic (exact) mass is 541 g/mol. The van der Waals surface area contributed by atoms with E-state index in [0.717, 1.165) is 38.7 Å². The van der Waals surface area contributed by atoms with Crippen LogP contribution in [0.3, 0.4) is 0 Å². The lowest BCUT2D eigenvalue weighted by atomic mass is 9.98. The van der Waals surface area contributed by atoms with Crippen LogP contribution in [0.4, 0.5) is 0 Å². The zero-order valence-electron chi connectivity index (χ0n) is 23.1. The molecule has 1 N–H and O–H groups in total. The number of aryl methyl sites for hydroxylation is 2. The smallest absolute Gasteiger partial charge is 0.253 e. The Hall–Kier alpha value is -4.95. The number of tetrazole rings is 1. The number of hydrogen-bond acceptors (Lipinski definition) is 6. The molecule has 0 spiro atoms. The van der Waals surface area contributed by atoms with Crippen molar-refractivity contribution in [2.24, 2.45) is 0 Å². The van der Waals surface area contributed by atoms with E-state index in [0.29, 0.717) is 31.0 Å². The van der Waals surface area contributed by atoms with E-state index < -0.39 is 6.04 Å². The van der Waals surface area contributed by atoms with Crippen molar-refractivity contribution in [3.8, 4) is 0 Å². The molecule has 204 valence electrons. The summed E-state index contributed by atoms with van der Waals surface area (Å²) in [5.74, 6) is 0.601. The topological polar surface area (TPSA) is 92.6 Å². The summed E-state index contributed by atoms with van der Waals surface area (Å²) in [5.41, 5.74) is 6.62. The first-order valence-corrected chi connectivity index (χ1v) is 13.7. The average molecular weight is 542 g/mol. The average Bonchev–Trinajstić information content (AvgIpc) is 3.44. The molecule has 8 heteroatoms. The fourth-order valence-corrected chi connectivity index (χ4v) is 5.35. The maximum atomic E-state index is 13.9. The van der Waals surface area contributed by atoms with Crippen molar-refractivity contribution in [1.29, 1.82) is 0 Å². The van der Waals surface area contributed by atoms with E-state index in [1.807, 2.05) is 85.9 Å². The Bertz CT molecular complexity index is 1770. The molecule has 8 nitrogen and oxygen atoms in total. The highest BCUT2D eigenvalue weighted by molar-refractivity contribution is 5.85. The van der Waals surface area contributed by atoms with Crippen molar-refractivity contribution >= 4 is 10.9 Å². The summed E-state index contributed by atoms with van der Waals surface area (Å²) < 4.78 is 1.80. The van der Waals surface area contributed by atoms with Gasteiger partial charge >= 0.3 is 0 Å². The van der Waals surface area contributed by atoms with E-state index in [2.05, 4.69) is 55.5 Å². The van der Waals surface area contributed by atoms with Crippen molar-refractivity contribution in [2.75, 3.05) is 0 Å². The van der Waals surface area contributed by atoms with Gasteiger partial charge in [-0.15, -0.1) is 5.10 Å². The molecule has 0 saturated heterocycles. The summed E-state index contributed by atoms with van der Waals surface area (Å²) in [6.45, 7) is 5.67. The molecular formula is C33H31N7O. The van der Waals surface area contributed by atoms with Gasteiger partial charge < -0.3 is 4.98 Å². The van der Waals surface area contributed by atoms with Crippen LogP contribution in [0, 0.1) is 13.8 Å². The fraction of sp³-hybridized carbons (Fsp3) is 0.182. The number of nitrogens with zero attached hydrogens (tertiary/aromatic N) is 6. The summed E-state index contributed by atoms with van der Waals surface area (Å²) in [5, 5.41) is 14.0. The molecule has 0 saturated carbocycles. The van der Waals surface area contributed by atoms with Crippen LogP contribution in [-0.2, 0) is 19.6 Å². The summed E-state index contributed by atoms with van der Waals surface area (Å²) in [6, 6.07) is 29.9. The number of nitrogens with one attached hydrogen (secondary N) is 1. The molecule has 0 aliphatic heterocycles. The lowest BCUT2D eigenvalue weighted by Crippen LogP contribution is -2.35. The first-order valence-electron chi connectivity index (χ1n) is 13.7. The van der Waals surface area contributed by atoms with Crippen molar-refractivity contribution < 1.29 is 0 Å². The number of aromatic nitrogens is 6. The maximum absolute atomic E-state index is 13.9. The minimum absolute atomic E-state index is 0.158. The van der Waals surface area contributed by atoms with Crippen molar-refractivity contribution in [1.82, 2.24) is 35.1 Å². The molecular weight excluding hydrogens is 510 g/mol. The fourth-order valence-electron chi connectivity index (χ4n) is 5.35. The summed E-state index contributed by atoms with van der Waals surface area (Å²) in [6.07, 6.45) is 3.63. The van der Waals surface area contributed by atoms with E-state index in [1.54, 1.807) is 10.9 Å². The van der Waals surface area contributed by atoms with Crippen molar-refractivity contribution in [3.05, 3.63) is 153 Å². The van der Waals surface area contributed by atoms with Gasteiger partial charge in [0.1, 0.15) is 6.04 Å². The molecule has 0 fully saturated rings. The van der Waals surface area contributed by atoms with Gasteiger partial charge in [-0.3, -0.25) is 14.7 Å². The van der Waals surface area contributed by atoms with E-state index in [4.69, 9.17) is 0 Å². The zero-order chi connectivity index (χ0) is 28.2. The number of H-pyrrole nitrogens is 1. The van der Waals surface area contributed by atoms with E-state index in [-0.39, 0.29) is 5.56 Å². The Balaban J connectivity index is 1.55. The highest BCUT2D eigenvalue weighted by Crippen LogP contribution is 2.31.